The Bertz CT molecular complexity index is 1230. The van der Waals surface area contributed by atoms with Crippen molar-refractivity contribution in [3.05, 3.63) is 74.3 Å². The van der Waals surface area contributed by atoms with Crippen LogP contribution >= 0.6 is 0 Å². The third-order valence-electron chi connectivity index (χ3n) is 5.64. The zero-order valence-electron chi connectivity index (χ0n) is 19.1. The maximum Gasteiger partial charge on any atom is 0.299 e. The van der Waals surface area contributed by atoms with E-state index < -0.39 is 68.3 Å². The molecule has 2 aliphatic rings. The Hall–Kier alpha value is -3.21. The predicted molar refractivity (Wildman–Crippen MR) is 123 cm³/mol. The standard InChI is InChI=1S/C21H23N3O11S/c1-31-21-17(22-14-9-8-13(23(25)26)10-15(14)24(27)28)19(35-36(2,29)30)18-16(33-21)11-32-20(34-18)12-6-4-3-5-7-12/h3-10,16-22H,11H2,1-2H3. The molecule has 0 aromatic heterocycles. The summed E-state index contributed by atoms with van der Waals surface area (Å²) in [5.41, 5.74) is -0.542. The molecule has 0 saturated carbocycles. The van der Waals surface area contributed by atoms with Crippen LogP contribution in [0.15, 0.2) is 48.5 Å². The van der Waals surface area contributed by atoms with E-state index >= 15 is 0 Å². The van der Waals surface area contributed by atoms with Crippen LogP contribution in [0.4, 0.5) is 17.1 Å². The summed E-state index contributed by atoms with van der Waals surface area (Å²) < 4.78 is 53.0. The van der Waals surface area contributed by atoms with E-state index in [9.17, 15) is 28.6 Å². The zero-order chi connectivity index (χ0) is 26.0. The minimum absolute atomic E-state index is 0.0259. The molecule has 2 aromatic carbocycles. The maximum absolute atomic E-state index is 12.2. The van der Waals surface area contributed by atoms with Gasteiger partial charge in [0.2, 0.25) is 0 Å². The molecule has 0 spiro atoms. The number of nitro benzene ring substituents is 2. The lowest BCUT2D eigenvalue weighted by atomic mass is 9.95. The smallest absolute Gasteiger partial charge is 0.299 e. The average Bonchev–Trinajstić information content (AvgIpc) is 2.84. The van der Waals surface area contributed by atoms with Crippen LogP contribution in [0.25, 0.3) is 0 Å². The largest absolute Gasteiger partial charge is 0.369 e. The van der Waals surface area contributed by atoms with E-state index in [2.05, 4.69) is 5.32 Å². The van der Waals surface area contributed by atoms with Gasteiger partial charge < -0.3 is 24.3 Å². The third-order valence-corrected chi connectivity index (χ3v) is 6.21. The molecule has 2 saturated heterocycles. The minimum atomic E-state index is -4.05. The van der Waals surface area contributed by atoms with Crippen LogP contribution in [0.5, 0.6) is 0 Å². The second-order valence-electron chi connectivity index (χ2n) is 8.11. The second-order valence-corrected chi connectivity index (χ2v) is 9.71. The molecule has 6 atom stereocenters. The maximum atomic E-state index is 12.2. The van der Waals surface area contributed by atoms with Gasteiger partial charge >= 0.3 is 0 Å². The second kappa shape index (κ2) is 10.4. The highest BCUT2D eigenvalue weighted by Crippen LogP contribution is 2.38. The van der Waals surface area contributed by atoms with E-state index in [-0.39, 0.29) is 12.3 Å². The van der Waals surface area contributed by atoms with Gasteiger partial charge in [-0.25, -0.2) is 0 Å². The fourth-order valence-electron chi connectivity index (χ4n) is 4.11. The first-order chi connectivity index (χ1) is 17.1. The predicted octanol–water partition coefficient (Wildman–Crippen LogP) is 2.11. The number of nitro groups is 2. The molecule has 36 heavy (non-hydrogen) atoms. The first kappa shape index (κ1) is 25.9. The Morgan fingerprint density at radius 1 is 1.06 bits per heavy atom. The highest BCUT2D eigenvalue weighted by molar-refractivity contribution is 7.86. The van der Waals surface area contributed by atoms with Crippen molar-refractivity contribution in [2.75, 3.05) is 25.3 Å². The Morgan fingerprint density at radius 3 is 2.39 bits per heavy atom. The van der Waals surface area contributed by atoms with Crippen LogP contribution in [0.2, 0.25) is 0 Å². The van der Waals surface area contributed by atoms with Crippen molar-refractivity contribution in [1.82, 2.24) is 0 Å². The normalized spacial score (nSPS) is 28.2. The first-order valence-electron chi connectivity index (χ1n) is 10.7. The van der Waals surface area contributed by atoms with Crippen molar-refractivity contribution >= 4 is 27.2 Å². The lowest BCUT2D eigenvalue weighted by Crippen LogP contribution is -2.65. The van der Waals surface area contributed by atoms with Crippen LogP contribution in [-0.2, 0) is 33.2 Å². The number of fused-ring (bicyclic) bond motifs is 1. The summed E-state index contributed by atoms with van der Waals surface area (Å²) in [6.45, 7) is 0.0259. The summed E-state index contributed by atoms with van der Waals surface area (Å²) in [4.78, 5) is 21.2. The van der Waals surface area contributed by atoms with Crippen LogP contribution in [0.3, 0.4) is 0 Å². The summed E-state index contributed by atoms with van der Waals surface area (Å²) in [5.74, 6) is 0. The number of rotatable bonds is 8. The van der Waals surface area contributed by atoms with Crippen LogP contribution in [0, 0.1) is 20.2 Å². The Balaban J connectivity index is 1.71. The van der Waals surface area contributed by atoms with Gasteiger partial charge in [0.1, 0.15) is 30.0 Å². The molecule has 0 radical (unpaired) electrons. The van der Waals surface area contributed by atoms with Gasteiger partial charge in [-0.3, -0.25) is 24.4 Å². The molecule has 0 aliphatic carbocycles. The van der Waals surface area contributed by atoms with Gasteiger partial charge in [-0.2, -0.15) is 8.42 Å². The fraction of sp³-hybridized carbons (Fsp3) is 0.429. The molecule has 1 N–H and O–H groups in total. The zero-order valence-corrected chi connectivity index (χ0v) is 19.9. The Labute approximate surface area is 205 Å². The molecule has 4 rings (SSSR count). The van der Waals surface area contributed by atoms with Crippen molar-refractivity contribution < 1.29 is 41.4 Å². The molecule has 14 nitrogen and oxygen atoms in total. The van der Waals surface area contributed by atoms with Gasteiger partial charge in [0, 0.05) is 18.7 Å². The molecule has 2 heterocycles. The van der Waals surface area contributed by atoms with Crippen LogP contribution in [0.1, 0.15) is 11.9 Å². The molecular weight excluding hydrogens is 502 g/mol. The van der Waals surface area contributed by atoms with E-state index in [1.807, 2.05) is 6.07 Å². The molecule has 194 valence electrons. The third kappa shape index (κ3) is 5.61. The molecule has 0 amide bonds. The van der Waals surface area contributed by atoms with Crippen molar-refractivity contribution in [1.29, 1.82) is 0 Å². The number of benzene rings is 2. The number of non-ortho nitro benzene ring substituents is 1. The fourth-order valence-corrected chi connectivity index (χ4v) is 4.74. The summed E-state index contributed by atoms with van der Waals surface area (Å²) in [6.07, 6.45) is -4.18. The summed E-state index contributed by atoms with van der Waals surface area (Å²) in [5, 5.41) is 25.6. The van der Waals surface area contributed by atoms with Gasteiger partial charge in [0.05, 0.1) is 28.8 Å². The number of nitrogens with one attached hydrogen (secondary N) is 1. The molecular formula is C21H23N3O11S. The number of anilines is 1. The summed E-state index contributed by atoms with van der Waals surface area (Å²) >= 11 is 0. The van der Waals surface area contributed by atoms with Crippen molar-refractivity contribution in [2.45, 2.75) is 36.9 Å². The highest BCUT2D eigenvalue weighted by Gasteiger charge is 2.52. The van der Waals surface area contributed by atoms with E-state index in [0.717, 1.165) is 24.5 Å². The molecule has 2 aliphatic heterocycles. The average molecular weight is 525 g/mol. The molecule has 2 fully saturated rings. The Morgan fingerprint density at radius 2 is 1.78 bits per heavy atom. The SMILES string of the molecule is COC1OC2COC(c3ccccc3)OC2C(OS(C)(=O)=O)C1Nc1ccc([N+](=O)[O-])cc1[N+](=O)[O-]. The van der Waals surface area contributed by atoms with Gasteiger partial charge in [-0.1, -0.05) is 30.3 Å². The van der Waals surface area contributed by atoms with Gasteiger partial charge in [0.15, 0.2) is 12.6 Å². The van der Waals surface area contributed by atoms with Crippen LogP contribution in [-0.4, -0.2) is 68.9 Å². The number of methoxy groups -OCH3 is 1. The first-order valence-corrected chi connectivity index (χ1v) is 12.5. The summed E-state index contributed by atoms with van der Waals surface area (Å²) in [7, 11) is -2.75. The van der Waals surface area contributed by atoms with Gasteiger partial charge in [-0.15, -0.1) is 0 Å². The monoisotopic (exact) mass is 525 g/mol. The lowest BCUT2D eigenvalue weighted by molar-refractivity contribution is -0.393. The van der Waals surface area contributed by atoms with E-state index in [1.165, 1.54) is 7.11 Å². The highest BCUT2D eigenvalue weighted by atomic mass is 32.2. The van der Waals surface area contributed by atoms with E-state index in [4.69, 9.17) is 23.1 Å². The number of ether oxygens (including phenoxy) is 4. The lowest BCUT2D eigenvalue weighted by Gasteiger charge is -2.48. The van der Waals surface area contributed by atoms with Crippen LogP contribution < -0.4 is 5.32 Å². The number of nitrogens with zero attached hydrogens (tertiary/aromatic N) is 2. The quantitative estimate of drug-likeness (QED) is 0.302. The van der Waals surface area contributed by atoms with Crippen molar-refractivity contribution in [3.8, 4) is 0 Å². The molecule has 6 unspecified atom stereocenters. The molecule has 2 aromatic rings. The van der Waals surface area contributed by atoms with Crippen molar-refractivity contribution in [3.63, 3.8) is 0 Å². The number of hydrogen-bond acceptors (Lipinski definition) is 12. The minimum Gasteiger partial charge on any atom is -0.369 e. The number of hydrogen-bond donors (Lipinski definition) is 1. The van der Waals surface area contributed by atoms with Crippen molar-refractivity contribution in [2.24, 2.45) is 0 Å². The topological polar surface area (TPSA) is 179 Å². The molecule has 15 heteroatoms. The Kier molecular flexibility index (Phi) is 7.49. The van der Waals surface area contributed by atoms with Gasteiger partial charge in [0.25, 0.3) is 21.5 Å². The van der Waals surface area contributed by atoms with Gasteiger partial charge in [-0.05, 0) is 6.07 Å². The molecule has 0 bridgehead atoms. The van der Waals surface area contributed by atoms with E-state index in [1.54, 1.807) is 24.3 Å². The summed E-state index contributed by atoms with van der Waals surface area (Å²) in [6, 6.07) is 10.8. The van der Waals surface area contributed by atoms with E-state index in [0.29, 0.717) is 5.56 Å².